The summed E-state index contributed by atoms with van der Waals surface area (Å²) < 4.78 is 1.74. The van der Waals surface area contributed by atoms with E-state index in [2.05, 4.69) is 6.58 Å². The quantitative estimate of drug-likeness (QED) is 0.809. The van der Waals surface area contributed by atoms with E-state index >= 15 is 0 Å². The van der Waals surface area contributed by atoms with Crippen LogP contribution in [0.5, 0.6) is 0 Å². The molecule has 5 nitrogen and oxygen atoms in total. The minimum absolute atomic E-state index is 0.0213. The summed E-state index contributed by atoms with van der Waals surface area (Å²) in [5, 5.41) is 0.639. The number of nitrogens with zero attached hydrogens (tertiary/aromatic N) is 4. The average molecular weight is 296 g/mol. The fourth-order valence-corrected chi connectivity index (χ4v) is 2.81. The topological polar surface area (TPSA) is 41.4 Å². The molecular formula is C17H20N4O. The molecule has 1 aliphatic heterocycles. The van der Waals surface area contributed by atoms with Crippen LogP contribution in [0, 0.1) is 0 Å². The van der Waals surface area contributed by atoms with Gasteiger partial charge in [0.15, 0.2) is 5.82 Å². The van der Waals surface area contributed by atoms with Crippen LogP contribution in [0.15, 0.2) is 47.5 Å². The van der Waals surface area contributed by atoms with Crippen molar-refractivity contribution >= 4 is 16.6 Å². The van der Waals surface area contributed by atoms with Crippen molar-refractivity contribution in [3.8, 4) is 0 Å². The van der Waals surface area contributed by atoms with Gasteiger partial charge in [0, 0.05) is 33.0 Å². The molecule has 2 heterocycles. The summed E-state index contributed by atoms with van der Waals surface area (Å²) >= 11 is 0. The summed E-state index contributed by atoms with van der Waals surface area (Å²) in [7, 11) is 5.86. The normalized spacial score (nSPS) is 19.6. The summed E-state index contributed by atoms with van der Waals surface area (Å²) in [4.78, 5) is 21.6. The van der Waals surface area contributed by atoms with Crippen LogP contribution in [0.25, 0.3) is 16.6 Å². The third-order valence-corrected chi connectivity index (χ3v) is 4.08. The van der Waals surface area contributed by atoms with Crippen LogP contribution in [-0.4, -0.2) is 40.5 Å². The number of para-hydroxylation sites is 1. The molecule has 2 aromatic rings. The largest absolute Gasteiger partial charge is 0.382 e. The zero-order valence-corrected chi connectivity index (χ0v) is 13.4. The van der Waals surface area contributed by atoms with E-state index < -0.39 is 0 Å². The fraction of sp³-hybridized carbons (Fsp3) is 0.294. The molecule has 0 unspecified atom stereocenters. The van der Waals surface area contributed by atoms with Crippen LogP contribution in [0.2, 0.25) is 0 Å². The second-order valence-corrected chi connectivity index (χ2v) is 5.83. The molecule has 0 spiro atoms. The molecule has 0 fully saturated rings. The predicted molar refractivity (Wildman–Crippen MR) is 89.3 cm³/mol. The SMILES string of the molecule is C=C1[C@H](C)n2c(nc3ccccc3c2=O)/C(=C/N(C)C)N1C. The van der Waals surface area contributed by atoms with Gasteiger partial charge in [-0.05, 0) is 19.1 Å². The third-order valence-electron chi connectivity index (χ3n) is 4.08. The minimum Gasteiger partial charge on any atom is -0.382 e. The minimum atomic E-state index is -0.121. The van der Waals surface area contributed by atoms with Gasteiger partial charge < -0.3 is 9.80 Å². The van der Waals surface area contributed by atoms with Gasteiger partial charge in [-0.25, -0.2) is 4.98 Å². The first kappa shape index (κ1) is 14.4. The lowest BCUT2D eigenvalue weighted by Crippen LogP contribution is -2.38. The molecule has 22 heavy (non-hydrogen) atoms. The van der Waals surface area contributed by atoms with Crippen molar-refractivity contribution in [2.75, 3.05) is 21.1 Å². The van der Waals surface area contributed by atoms with Gasteiger partial charge in [0.2, 0.25) is 0 Å². The molecule has 5 heteroatoms. The molecule has 0 N–H and O–H groups in total. The van der Waals surface area contributed by atoms with Gasteiger partial charge in [-0.1, -0.05) is 18.7 Å². The van der Waals surface area contributed by atoms with Crippen LogP contribution in [0.1, 0.15) is 18.8 Å². The van der Waals surface area contributed by atoms with Gasteiger partial charge in [-0.3, -0.25) is 9.36 Å². The number of allylic oxidation sites excluding steroid dienone is 1. The maximum absolute atomic E-state index is 12.9. The maximum atomic E-state index is 12.9. The molecule has 0 bridgehead atoms. The Hall–Kier alpha value is -2.56. The van der Waals surface area contributed by atoms with Crippen molar-refractivity contribution in [1.29, 1.82) is 0 Å². The standard InChI is InChI=1S/C17H20N4O/c1-11-12(2)21-16(15(20(11)5)10-19(3)4)18-14-9-7-6-8-13(14)17(21)22/h6-10,12H,1H2,2-5H3/b15-10-/t12-/m0/s1. The first-order valence-corrected chi connectivity index (χ1v) is 7.24. The Morgan fingerprint density at radius 3 is 2.68 bits per heavy atom. The highest BCUT2D eigenvalue weighted by Crippen LogP contribution is 2.33. The van der Waals surface area contributed by atoms with Gasteiger partial charge in [-0.15, -0.1) is 0 Å². The summed E-state index contributed by atoms with van der Waals surface area (Å²) in [5.74, 6) is 0.680. The van der Waals surface area contributed by atoms with Crippen LogP contribution in [0.3, 0.4) is 0 Å². The lowest BCUT2D eigenvalue weighted by Gasteiger charge is -2.37. The molecule has 1 aliphatic rings. The van der Waals surface area contributed by atoms with Crippen molar-refractivity contribution in [1.82, 2.24) is 19.4 Å². The average Bonchev–Trinajstić information content (AvgIpc) is 2.49. The lowest BCUT2D eigenvalue weighted by atomic mass is 10.1. The van der Waals surface area contributed by atoms with Crippen molar-refractivity contribution in [3.63, 3.8) is 0 Å². The summed E-state index contributed by atoms with van der Waals surface area (Å²) in [6.07, 6.45) is 1.96. The van der Waals surface area contributed by atoms with Crippen LogP contribution < -0.4 is 5.56 Å². The van der Waals surface area contributed by atoms with E-state index in [4.69, 9.17) is 4.98 Å². The number of hydrogen-bond donors (Lipinski definition) is 0. The molecular weight excluding hydrogens is 276 g/mol. The number of likely N-dealkylation sites (N-methyl/N-ethyl adjacent to an activating group) is 1. The molecule has 114 valence electrons. The molecule has 0 amide bonds. The monoisotopic (exact) mass is 296 g/mol. The zero-order valence-electron chi connectivity index (χ0n) is 13.4. The second kappa shape index (κ2) is 5.02. The van der Waals surface area contributed by atoms with Crippen LogP contribution >= 0.6 is 0 Å². The Kier molecular flexibility index (Phi) is 3.28. The first-order chi connectivity index (χ1) is 10.4. The number of rotatable bonds is 1. The summed E-state index contributed by atoms with van der Waals surface area (Å²) in [6, 6.07) is 7.34. The van der Waals surface area contributed by atoms with Gasteiger partial charge >= 0.3 is 0 Å². The first-order valence-electron chi connectivity index (χ1n) is 7.24. The van der Waals surface area contributed by atoms with Crippen molar-refractivity contribution in [2.45, 2.75) is 13.0 Å². The Labute approximate surface area is 129 Å². The molecule has 3 rings (SSSR count). The highest BCUT2D eigenvalue weighted by atomic mass is 16.1. The Bertz CT molecular complexity index is 847. The van der Waals surface area contributed by atoms with E-state index in [9.17, 15) is 4.79 Å². The van der Waals surface area contributed by atoms with E-state index in [0.29, 0.717) is 11.2 Å². The number of hydrogen-bond acceptors (Lipinski definition) is 4. The summed E-state index contributed by atoms with van der Waals surface area (Å²) in [5.41, 5.74) is 2.44. The van der Waals surface area contributed by atoms with Crippen molar-refractivity contribution in [3.05, 3.63) is 58.9 Å². The predicted octanol–water partition coefficient (Wildman–Crippen LogP) is 2.28. The van der Waals surface area contributed by atoms with Gasteiger partial charge in [-0.2, -0.15) is 0 Å². The van der Waals surface area contributed by atoms with E-state index in [-0.39, 0.29) is 11.6 Å². The van der Waals surface area contributed by atoms with Gasteiger partial charge in [0.1, 0.15) is 5.70 Å². The molecule has 0 saturated heterocycles. The summed E-state index contributed by atoms with van der Waals surface area (Å²) in [6.45, 7) is 6.11. The smallest absolute Gasteiger partial charge is 0.262 e. The van der Waals surface area contributed by atoms with E-state index in [1.54, 1.807) is 4.57 Å². The molecule has 1 aromatic heterocycles. The van der Waals surface area contributed by atoms with Gasteiger partial charge in [0.05, 0.1) is 16.9 Å². The Morgan fingerprint density at radius 1 is 1.32 bits per heavy atom. The number of fused-ring (bicyclic) bond motifs is 2. The van der Waals surface area contributed by atoms with E-state index in [1.165, 1.54) is 0 Å². The second-order valence-electron chi connectivity index (χ2n) is 5.83. The molecule has 0 radical (unpaired) electrons. The number of benzene rings is 1. The lowest BCUT2D eigenvalue weighted by molar-refractivity contribution is 0.414. The van der Waals surface area contributed by atoms with Crippen molar-refractivity contribution < 1.29 is 0 Å². The molecule has 0 aliphatic carbocycles. The number of aromatic nitrogens is 2. The van der Waals surface area contributed by atoms with E-state index in [0.717, 1.165) is 16.9 Å². The molecule has 1 atom stereocenters. The zero-order chi connectivity index (χ0) is 16.0. The highest BCUT2D eigenvalue weighted by Gasteiger charge is 2.30. The Balaban J connectivity index is 2.42. The van der Waals surface area contributed by atoms with Crippen molar-refractivity contribution in [2.24, 2.45) is 0 Å². The van der Waals surface area contributed by atoms with E-state index in [1.807, 2.05) is 68.3 Å². The van der Waals surface area contributed by atoms with Crippen LogP contribution in [0.4, 0.5) is 0 Å². The van der Waals surface area contributed by atoms with Crippen LogP contribution in [-0.2, 0) is 0 Å². The maximum Gasteiger partial charge on any atom is 0.262 e. The Morgan fingerprint density at radius 2 is 2.00 bits per heavy atom. The van der Waals surface area contributed by atoms with Gasteiger partial charge in [0.25, 0.3) is 5.56 Å². The highest BCUT2D eigenvalue weighted by molar-refractivity contribution is 5.79. The molecule has 0 saturated carbocycles. The fourth-order valence-electron chi connectivity index (χ4n) is 2.81. The third kappa shape index (κ3) is 2.01. The molecule has 1 aromatic carbocycles.